The van der Waals surface area contributed by atoms with E-state index in [1.54, 1.807) is 13.8 Å². The number of nitrogens with one attached hydrogen (secondary N) is 1. The number of rotatable bonds is 4. The number of hydrogen-bond donors (Lipinski definition) is 1. The quantitative estimate of drug-likeness (QED) is 0.707. The zero-order valence-electron chi connectivity index (χ0n) is 14.7. The van der Waals surface area contributed by atoms with E-state index in [0.717, 1.165) is 23.0 Å². The summed E-state index contributed by atoms with van der Waals surface area (Å²) in [5.41, 5.74) is 2.18. The standard InChI is InChI=1S/C20H16F2N2O3/c1-11-16-5-3-4-6-17(16)23-12(2)19(11)20(26)27-10-18(25)24-15-8-13(21)7-14(22)9-15/h3-9H,10H2,1-2H3,(H,24,25). The molecule has 3 rings (SSSR count). The Labute approximate surface area is 154 Å². The van der Waals surface area contributed by atoms with Crippen molar-refractivity contribution in [3.8, 4) is 0 Å². The molecule has 138 valence electrons. The van der Waals surface area contributed by atoms with Crippen LogP contribution in [0.2, 0.25) is 0 Å². The first-order valence-corrected chi connectivity index (χ1v) is 8.14. The Balaban J connectivity index is 1.72. The molecule has 2 aromatic carbocycles. The van der Waals surface area contributed by atoms with Gasteiger partial charge in [0, 0.05) is 17.1 Å². The number of nitrogens with zero attached hydrogens (tertiary/aromatic N) is 1. The van der Waals surface area contributed by atoms with Crippen LogP contribution in [0.3, 0.4) is 0 Å². The molecule has 0 aliphatic rings. The number of fused-ring (bicyclic) bond motifs is 1. The van der Waals surface area contributed by atoms with Crippen LogP contribution in [-0.2, 0) is 9.53 Å². The number of carbonyl (C=O) groups excluding carboxylic acids is 2. The van der Waals surface area contributed by atoms with Crippen molar-refractivity contribution < 1.29 is 23.1 Å². The first-order chi connectivity index (χ1) is 12.8. The van der Waals surface area contributed by atoms with Gasteiger partial charge in [-0.25, -0.2) is 13.6 Å². The lowest BCUT2D eigenvalue weighted by Crippen LogP contribution is -2.22. The maximum absolute atomic E-state index is 13.1. The lowest BCUT2D eigenvalue weighted by Gasteiger charge is -2.12. The highest BCUT2D eigenvalue weighted by Crippen LogP contribution is 2.23. The van der Waals surface area contributed by atoms with Gasteiger partial charge in [0.15, 0.2) is 6.61 Å². The molecule has 0 bridgehead atoms. The summed E-state index contributed by atoms with van der Waals surface area (Å²) in [6, 6.07) is 10.00. The van der Waals surface area contributed by atoms with Crippen LogP contribution < -0.4 is 5.32 Å². The number of carbonyl (C=O) groups is 2. The van der Waals surface area contributed by atoms with E-state index in [0.29, 0.717) is 22.9 Å². The number of pyridine rings is 1. The third kappa shape index (κ3) is 4.08. The number of aryl methyl sites for hydroxylation is 2. The minimum absolute atomic E-state index is 0.0618. The number of benzene rings is 2. The van der Waals surface area contributed by atoms with E-state index in [1.807, 2.05) is 24.3 Å². The van der Waals surface area contributed by atoms with Gasteiger partial charge in [0.1, 0.15) is 11.6 Å². The molecule has 1 N–H and O–H groups in total. The lowest BCUT2D eigenvalue weighted by molar-refractivity contribution is -0.119. The molecule has 0 fully saturated rings. The number of anilines is 1. The topological polar surface area (TPSA) is 68.3 Å². The van der Waals surface area contributed by atoms with Crippen LogP contribution in [0.15, 0.2) is 42.5 Å². The molecule has 7 heteroatoms. The van der Waals surface area contributed by atoms with Gasteiger partial charge in [-0.15, -0.1) is 0 Å². The molecule has 3 aromatic rings. The van der Waals surface area contributed by atoms with Crippen LogP contribution in [0.4, 0.5) is 14.5 Å². The maximum Gasteiger partial charge on any atom is 0.340 e. The average Bonchev–Trinajstić information content (AvgIpc) is 2.59. The van der Waals surface area contributed by atoms with E-state index in [1.165, 1.54) is 0 Å². The van der Waals surface area contributed by atoms with Crippen LogP contribution in [0.5, 0.6) is 0 Å². The van der Waals surface area contributed by atoms with Crippen LogP contribution in [0, 0.1) is 25.5 Å². The Bertz CT molecular complexity index is 1030. The van der Waals surface area contributed by atoms with Crippen molar-refractivity contribution in [2.75, 3.05) is 11.9 Å². The van der Waals surface area contributed by atoms with Crippen molar-refractivity contribution in [3.05, 3.63) is 70.9 Å². The first kappa shape index (κ1) is 18.4. The fraction of sp³-hybridized carbons (Fsp3) is 0.150. The molecule has 1 heterocycles. The Hall–Kier alpha value is -3.35. The van der Waals surface area contributed by atoms with Crippen LogP contribution >= 0.6 is 0 Å². The van der Waals surface area contributed by atoms with Gasteiger partial charge in [-0.1, -0.05) is 18.2 Å². The molecule has 0 saturated carbocycles. The third-order valence-electron chi connectivity index (χ3n) is 4.02. The summed E-state index contributed by atoms with van der Waals surface area (Å²) in [7, 11) is 0. The van der Waals surface area contributed by atoms with Gasteiger partial charge < -0.3 is 10.1 Å². The van der Waals surface area contributed by atoms with Crippen molar-refractivity contribution >= 4 is 28.5 Å². The monoisotopic (exact) mass is 370 g/mol. The Morgan fingerprint density at radius 3 is 2.44 bits per heavy atom. The van der Waals surface area contributed by atoms with E-state index in [2.05, 4.69) is 10.3 Å². The second-order valence-electron chi connectivity index (χ2n) is 6.00. The second-order valence-corrected chi connectivity index (χ2v) is 6.00. The molecular formula is C20H16F2N2O3. The Morgan fingerprint density at radius 1 is 1.07 bits per heavy atom. The van der Waals surface area contributed by atoms with E-state index < -0.39 is 30.1 Å². The normalized spacial score (nSPS) is 10.7. The maximum atomic E-state index is 13.1. The molecular weight excluding hydrogens is 354 g/mol. The number of aromatic nitrogens is 1. The van der Waals surface area contributed by atoms with Gasteiger partial charge in [0.05, 0.1) is 16.8 Å². The molecule has 1 amide bonds. The fourth-order valence-electron chi connectivity index (χ4n) is 2.86. The number of amides is 1. The van der Waals surface area contributed by atoms with Crippen molar-refractivity contribution in [2.45, 2.75) is 13.8 Å². The molecule has 0 saturated heterocycles. The minimum Gasteiger partial charge on any atom is -0.452 e. The van der Waals surface area contributed by atoms with Crippen molar-refractivity contribution in [1.82, 2.24) is 4.98 Å². The summed E-state index contributed by atoms with van der Waals surface area (Å²) >= 11 is 0. The number of halogens is 2. The van der Waals surface area contributed by atoms with Gasteiger partial charge in [-0.3, -0.25) is 9.78 Å². The number of ether oxygens (including phenoxy) is 1. The van der Waals surface area contributed by atoms with Gasteiger partial charge in [-0.05, 0) is 37.6 Å². The summed E-state index contributed by atoms with van der Waals surface area (Å²) in [6.45, 7) is 2.87. The molecule has 5 nitrogen and oxygen atoms in total. The Kier molecular flexibility index (Phi) is 5.12. The van der Waals surface area contributed by atoms with E-state index in [9.17, 15) is 18.4 Å². The number of hydrogen-bond acceptors (Lipinski definition) is 4. The molecule has 0 unspecified atom stereocenters. The number of para-hydroxylation sites is 1. The predicted molar refractivity (Wildman–Crippen MR) is 96.5 cm³/mol. The van der Waals surface area contributed by atoms with Gasteiger partial charge in [0.2, 0.25) is 0 Å². The smallest absolute Gasteiger partial charge is 0.340 e. The summed E-state index contributed by atoms with van der Waals surface area (Å²) < 4.78 is 31.3. The van der Waals surface area contributed by atoms with Gasteiger partial charge >= 0.3 is 5.97 Å². The number of esters is 1. The van der Waals surface area contributed by atoms with Crippen molar-refractivity contribution in [2.24, 2.45) is 0 Å². The summed E-state index contributed by atoms with van der Waals surface area (Å²) in [6.07, 6.45) is 0. The zero-order valence-corrected chi connectivity index (χ0v) is 14.7. The highest BCUT2D eigenvalue weighted by atomic mass is 19.1. The largest absolute Gasteiger partial charge is 0.452 e. The second kappa shape index (κ2) is 7.49. The molecule has 0 atom stereocenters. The molecule has 0 radical (unpaired) electrons. The van der Waals surface area contributed by atoms with E-state index in [-0.39, 0.29) is 5.69 Å². The van der Waals surface area contributed by atoms with Gasteiger partial charge in [0.25, 0.3) is 5.91 Å². The van der Waals surface area contributed by atoms with Crippen molar-refractivity contribution in [3.63, 3.8) is 0 Å². The minimum atomic E-state index is -0.823. The lowest BCUT2D eigenvalue weighted by atomic mass is 10.0. The van der Waals surface area contributed by atoms with E-state index in [4.69, 9.17) is 4.74 Å². The highest BCUT2D eigenvalue weighted by Gasteiger charge is 2.19. The fourth-order valence-corrected chi connectivity index (χ4v) is 2.86. The highest BCUT2D eigenvalue weighted by molar-refractivity contribution is 6.00. The molecule has 0 aliphatic carbocycles. The third-order valence-corrected chi connectivity index (χ3v) is 4.02. The molecule has 0 aliphatic heterocycles. The van der Waals surface area contributed by atoms with Crippen LogP contribution in [0.1, 0.15) is 21.6 Å². The summed E-state index contributed by atoms with van der Waals surface area (Å²) in [4.78, 5) is 28.7. The average molecular weight is 370 g/mol. The van der Waals surface area contributed by atoms with Crippen LogP contribution in [-0.4, -0.2) is 23.5 Å². The summed E-state index contributed by atoms with van der Waals surface area (Å²) in [5.74, 6) is -3.05. The Morgan fingerprint density at radius 2 is 1.74 bits per heavy atom. The van der Waals surface area contributed by atoms with Crippen molar-refractivity contribution in [1.29, 1.82) is 0 Å². The zero-order chi connectivity index (χ0) is 19.6. The van der Waals surface area contributed by atoms with Gasteiger partial charge in [-0.2, -0.15) is 0 Å². The summed E-state index contributed by atoms with van der Waals surface area (Å²) in [5, 5.41) is 3.09. The molecule has 0 spiro atoms. The SMILES string of the molecule is Cc1nc2ccccc2c(C)c1C(=O)OCC(=O)Nc1cc(F)cc(F)c1. The molecule has 27 heavy (non-hydrogen) atoms. The predicted octanol–water partition coefficient (Wildman–Crippen LogP) is 3.93. The molecule has 1 aromatic heterocycles. The van der Waals surface area contributed by atoms with Crippen LogP contribution in [0.25, 0.3) is 10.9 Å². The first-order valence-electron chi connectivity index (χ1n) is 8.14. The van der Waals surface area contributed by atoms with E-state index >= 15 is 0 Å².